The third-order valence-corrected chi connectivity index (χ3v) is 6.73. The van der Waals surface area contributed by atoms with E-state index in [1.54, 1.807) is 12.1 Å². The Morgan fingerprint density at radius 2 is 1.00 bits per heavy atom. The van der Waals surface area contributed by atoms with Crippen molar-refractivity contribution in [3.05, 3.63) is 84.9 Å². The summed E-state index contributed by atoms with van der Waals surface area (Å²) in [4.78, 5) is -0.0858. The first kappa shape index (κ1) is 19.3. The summed E-state index contributed by atoms with van der Waals surface area (Å²) in [5.41, 5.74) is 0. The molecule has 1 N–H and O–H groups in total. The molecule has 0 heterocycles. The molecule has 3 nitrogen and oxygen atoms in total. The quantitative estimate of drug-likeness (QED) is 0.437. The van der Waals surface area contributed by atoms with Gasteiger partial charge < -0.3 is 0 Å². The molecule has 24 heavy (non-hydrogen) atoms. The molecule has 0 fully saturated rings. The molecule has 0 aromatic heterocycles. The number of hydrogen-bond acceptors (Lipinski definition) is 2. The van der Waals surface area contributed by atoms with E-state index >= 15 is 0 Å². The van der Waals surface area contributed by atoms with E-state index < -0.39 is 18.0 Å². The van der Waals surface area contributed by atoms with Crippen LogP contribution in [0.3, 0.4) is 0 Å². The SMILES string of the molecule is O=S(=O)(O)c1ccc(P(c2ccccc2)c2ccccc2)cc1.[NaH]. The van der Waals surface area contributed by atoms with E-state index in [2.05, 4.69) is 24.3 Å². The van der Waals surface area contributed by atoms with E-state index in [0.29, 0.717) is 0 Å². The van der Waals surface area contributed by atoms with Crippen molar-refractivity contribution in [3.63, 3.8) is 0 Å². The molecule has 0 atom stereocenters. The molecular formula is C18H16NaO3PS. The maximum absolute atomic E-state index is 11.2. The van der Waals surface area contributed by atoms with Gasteiger partial charge in [-0.15, -0.1) is 0 Å². The first-order valence-electron chi connectivity index (χ1n) is 7.03. The van der Waals surface area contributed by atoms with Crippen molar-refractivity contribution in [2.45, 2.75) is 4.90 Å². The van der Waals surface area contributed by atoms with Gasteiger partial charge in [-0.1, -0.05) is 72.8 Å². The molecule has 0 bridgehead atoms. The molecule has 6 heteroatoms. The molecule has 0 aliphatic rings. The van der Waals surface area contributed by atoms with Gasteiger partial charge in [0.15, 0.2) is 0 Å². The summed E-state index contributed by atoms with van der Waals surface area (Å²) in [6.07, 6.45) is 0. The minimum atomic E-state index is -4.17. The molecular weight excluding hydrogens is 350 g/mol. The van der Waals surface area contributed by atoms with Crippen LogP contribution in [0.15, 0.2) is 89.8 Å². The fourth-order valence-corrected chi connectivity index (χ4v) is 5.13. The Morgan fingerprint density at radius 1 is 0.625 bits per heavy atom. The monoisotopic (exact) mass is 366 g/mol. The average Bonchev–Trinajstić information content (AvgIpc) is 2.57. The van der Waals surface area contributed by atoms with Crippen molar-refractivity contribution in [2.75, 3.05) is 0 Å². The number of hydrogen-bond donors (Lipinski definition) is 1. The van der Waals surface area contributed by atoms with Crippen molar-refractivity contribution in [3.8, 4) is 0 Å². The second-order valence-electron chi connectivity index (χ2n) is 4.98. The van der Waals surface area contributed by atoms with Gasteiger partial charge in [0, 0.05) is 0 Å². The van der Waals surface area contributed by atoms with Crippen LogP contribution in [0.4, 0.5) is 0 Å². The Hall–Kier alpha value is -1.000. The topological polar surface area (TPSA) is 54.4 Å². The van der Waals surface area contributed by atoms with Crippen LogP contribution in [0.2, 0.25) is 0 Å². The van der Waals surface area contributed by atoms with Gasteiger partial charge >= 0.3 is 29.6 Å². The van der Waals surface area contributed by atoms with Gasteiger partial charge in [0.1, 0.15) is 0 Å². The first-order valence-corrected chi connectivity index (χ1v) is 9.82. The zero-order valence-electron chi connectivity index (χ0n) is 12.2. The van der Waals surface area contributed by atoms with E-state index in [4.69, 9.17) is 4.55 Å². The van der Waals surface area contributed by atoms with E-state index in [1.165, 1.54) is 22.7 Å². The van der Waals surface area contributed by atoms with E-state index in [1.807, 2.05) is 36.4 Å². The van der Waals surface area contributed by atoms with E-state index in [-0.39, 0.29) is 34.5 Å². The fraction of sp³-hybridized carbons (Fsp3) is 0. The Morgan fingerprint density at radius 3 is 1.38 bits per heavy atom. The summed E-state index contributed by atoms with van der Waals surface area (Å²) in [6, 6.07) is 26.7. The van der Waals surface area contributed by atoms with E-state index in [0.717, 1.165) is 5.30 Å². The Labute approximate surface area is 165 Å². The van der Waals surface area contributed by atoms with Gasteiger partial charge in [-0.25, -0.2) is 0 Å². The molecule has 118 valence electrons. The van der Waals surface area contributed by atoms with Crippen LogP contribution in [0.5, 0.6) is 0 Å². The van der Waals surface area contributed by atoms with Crippen LogP contribution in [0, 0.1) is 0 Å². The fourth-order valence-electron chi connectivity index (χ4n) is 2.37. The predicted molar refractivity (Wildman–Crippen MR) is 102 cm³/mol. The molecule has 0 amide bonds. The first-order chi connectivity index (χ1) is 11.1. The van der Waals surface area contributed by atoms with Crippen molar-refractivity contribution < 1.29 is 13.0 Å². The summed E-state index contributed by atoms with van der Waals surface area (Å²) < 4.78 is 31.6. The van der Waals surface area contributed by atoms with Crippen molar-refractivity contribution in [1.82, 2.24) is 0 Å². The summed E-state index contributed by atoms with van der Waals surface area (Å²) in [5, 5.41) is 3.41. The summed E-state index contributed by atoms with van der Waals surface area (Å²) in [6.45, 7) is 0. The molecule has 0 saturated carbocycles. The van der Waals surface area contributed by atoms with Crippen molar-refractivity contribution in [1.29, 1.82) is 0 Å². The molecule has 0 saturated heterocycles. The van der Waals surface area contributed by atoms with Gasteiger partial charge in [-0.05, 0) is 36.0 Å². The molecule has 3 aromatic carbocycles. The van der Waals surface area contributed by atoms with Crippen molar-refractivity contribution >= 4 is 63.5 Å². The molecule has 0 aliphatic heterocycles. The van der Waals surface area contributed by atoms with Gasteiger partial charge in [-0.2, -0.15) is 8.42 Å². The summed E-state index contributed by atoms with van der Waals surface area (Å²) >= 11 is 0. The Kier molecular flexibility index (Phi) is 6.76. The van der Waals surface area contributed by atoms with Gasteiger partial charge in [0.25, 0.3) is 10.1 Å². The molecule has 0 unspecified atom stereocenters. The molecule has 0 radical (unpaired) electrons. The third-order valence-electron chi connectivity index (χ3n) is 3.42. The molecule has 3 rings (SSSR count). The molecule has 3 aromatic rings. The second kappa shape index (κ2) is 8.39. The Bertz CT molecular complexity index is 843. The zero-order chi connectivity index (χ0) is 16.3. The second-order valence-corrected chi connectivity index (χ2v) is 8.62. The predicted octanol–water partition coefficient (Wildman–Crippen LogP) is 2.04. The average molecular weight is 366 g/mol. The van der Waals surface area contributed by atoms with Crippen molar-refractivity contribution in [2.24, 2.45) is 0 Å². The Balaban J connectivity index is 0.00000208. The molecule has 0 spiro atoms. The van der Waals surface area contributed by atoms with Crippen LogP contribution in [0.1, 0.15) is 0 Å². The van der Waals surface area contributed by atoms with Crippen LogP contribution in [-0.4, -0.2) is 42.5 Å². The number of rotatable bonds is 4. The van der Waals surface area contributed by atoms with Crippen LogP contribution in [-0.2, 0) is 10.1 Å². The van der Waals surface area contributed by atoms with Gasteiger partial charge in [0.05, 0.1) is 4.90 Å². The van der Waals surface area contributed by atoms with E-state index in [9.17, 15) is 8.42 Å². The van der Waals surface area contributed by atoms with Crippen LogP contribution in [0.25, 0.3) is 0 Å². The third kappa shape index (κ3) is 4.54. The molecule has 0 aliphatic carbocycles. The normalized spacial score (nSPS) is 11.1. The number of benzene rings is 3. The van der Waals surface area contributed by atoms with Gasteiger partial charge in [-0.3, -0.25) is 4.55 Å². The standard InChI is InChI=1S/C18H15O3PS.Na.H/c19-23(20,21)18-13-11-17(12-14-18)22(15-7-3-1-4-8-15)16-9-5-2-6-10-16;;/h1-14H,(H,19,20,21);;. The van der Waals surface area contributed by atoms with Crippen LogP contribution >= 0.6 is 7.92 Å². The van der Waals surface area contributed by atoms with Crippen LogP contribution < -0.4 is 15.9 Å². The summed E-state index contributed by atoms with van der Waals surface area (Å²) in [7, 11) is -4.94. The maximum atomic E-state index is 11.2. The minimum absolute atomic E-state index is 0. The zero-order valence-corrected chi connectivity index (χ0v) is 13.9. The summed E-state index contributed by atoms with van der Waals surface area (Å²) in [5.74, 6) is 0. The van der Waals surface area contributed by atoms with Gasteiger partial charge in [0.2, 0.25) is 0 Å².